The molecule has 15 heavy (non-hydrogen) atoms. The molecule has 0 spiro atoms. The molecule has 1 rings (SSSR count). The number of allylic oxidation sites excluding steroid dienone is 1. The number of carboxylic acids is 1. The lowest BCUT2D eigenvalue weighted by molar-refractivity contribution is -0.143. The molecule has 2 amide bonds. The van der Waals surface area contributed by atoms with E-state index in [0.29, 0.717) is 31.6 Å². The summed E-state index contributed by atoms with van der Waals surface area (Å²) in [5.74, 6) is -1.08. The van der Waals surface area contributed by atoms with E-state index in [1.165, 1.54) is 0 Å². The number of hydrogen-bond donors (Lipinski definition) is 2. The highest BCUT2D eigenvalue weighted by atomic mass is 16.4. The van der Waals surface area contributed by atoms with Gasteiger partial charge >= 0.3 is 12.0 Å². The second kappa shape index (κ2) is 4.82. The summed E-state index contributed by atoms with van der Waals surface area (Å²) in [6, 6.07) is -0.189. The molecule has 0 aromatic carbocycles. The Labute approximate surface area is 88.8 Å². The Morgan fingerprint density at radius 2 is 1.93 bits per heavy atom. The van der Waals surface area contributed by atoms with Crippen molar-refractivity contribution in [3.8, 4) is 0 Å². The highest BCUT2D eigenvalue weighted by Crippen LogP contribution is 2.17. The summed E-state index contributed by atoms with van der Waals surface area (Å²) in [4.78, 5) is 23.8. The molecular weight excluding hydrogens is 196 g/mol. The van der Waals surface area contributed by atoms with Crippen LogP contribution in [0.4, 0.5) is 4.79 Å². The Morgan fingerprint density at radius 3 is 2.33 bits per heavy atom. The fourth-order valence-corrected chi connectivity index (χ4v) is 1.59. The van der Waals surface area contributed by atoms with Crippen molar-refractivity contribution in [1.29, 1.82) is 0 Å². The fourth-order valence-electron chi connectivity index (χ4n) is 1.59. The van der Waals surface area contributed by atoms with Crippen LogP contribution in [0.2, 0.25) is 0 Å². The molecule has 1 fully saturated rings. The average molecular weight is 212 g/mol. The number of aliphatic carboxylic acids is 1. The first-order valence-corrected chi connectivity index (χ1v) is 4.95. The molecule has 1 saturated heterocycles. The molecule has 0 atom stereocenters. The molecule has 0 aliphatic carbocycles. The van der Waals surface area contributed by atoms with Crippen molar-refractivity contribution in [3.05, 3.63) is 12.3 Å². The minimum absolute atomic E-state index is 0.189. The smallest absolute Gasteiger partial charge is 0.321 e. The molecule has 0 aromatic rings. The topological polar surface area (TPSA) is 69.6 Å². The number of urea groups is 1. The summed E-state index contributed by atoms with van der Waals surface area (Å²) in [5, 5.41) is 11.4. The van der Waals surface area contributed by atoms with Crippen LogP contribution in [0, 0.1) is 5.92 Å². The van der Waals surface area contributed by atoms with Gasteiger partial charge in [-0.1, -0.05) is 6.58 Å². The van der Waals surface area contributed by atoms with Crippen LogP contribution >= 0.6 is 0 Å². The molecule has 1 aliphatic heterocycles. The summed E-state index contributed by atoms with van der Waals surface area (Å²) in [6.07, 6.45) is 1.05. The summed E-state index contributed by atoms with van der Waals surface area (Å²) in [7, 11) is 0. The van der Waals surface area contributed by atoms with Crippen LogP contribution in [0.3, 0.4) is 0 Å². The van der Waals surface area contributed by atoms with Crippen molar-refractivity contribution in [2.75, 3.05) is 13.1 Å². The van der Waals surface area contributed by atoms with Gasteiger partial charge in [-0.15, -0.1) is 0 Å². The van der Waals surface area contributed by atoms with Gasteiger partial charge in [0.25, 0.3) is 0 Å². The highest BCUT2D eigenvalue weighted by Gasteiger charge is 2.26. The van der Waals surface area contributed by atoms with E-state index in [4.69, 9.17) is 5.11 Å². The molecule has 0 saturated carbocycles. The van der Waals surface area contributed by atoms with E-state index in [-0.39, 0.29) is 11.9 Å². The number of nitrogens with zero attached hydrogens (tertiary/aromatic N) is 1. The minimum Gasteiger partial charge on any atom is -0.481 e. The summed E-state index contributed by atoms with van der Waals surface area (Å²) >= 11 is 0. The van der Waals surface area contributed by atoms with Crippen molar-refractivity contribution in [2.45, 2.75) is 19.8 Å². The number of hydrogen-bond acceptors (Lipinski definition) is 2. The molecule has 0 aromatic heterocycles. The first-order chi connectivity index (χ1) is 7.00. The van der Waals surface area contributed by atoms with Crippen molar-refractivity contribution >= 4 is 12.0 Å². The number of carboxylic acid groups (broad SMARTS) is 1. The van der Waals surface area contributed by atoms with Crippen LogP contribution < -0.4 is 5.32 Å². The Morgan fingerprint density at radius 1 is 1.40 bits per heavy atom. The van der Waals surface area contributed by atoms with E-state index in [1.54, 1.807) is 11.8 Å². The van der Waals surface area contributed by atoms with Gasteiger partial charge in [0.15, 0.2) is 0 Å². The average Bonchev–Trinajstić information content (AvgIpc) is 2.17. The van der Waals surface area contributed by atoms with Gasteiger partial charge in [-0.05, 0) is 19.8 Å². The van der Waals surface area contributed by atoms with Crippen LogP contribution in [0.5, 0.6) is 0 Å². The number of carbonyl (C=O) groups excluding carboxylic acids is 1. The molecule has 0 bridgehead atoms. The fraction of sp³-hybridized carbons (Fsp3) is 0.600. The lowest BCUT2D eigenvalue weighted by atomic mass is 9.97. The van der Waals surface area contributed by atoms with E-state index in [9.17, 15) is 9.59 Å². The zero-order chi connectivity index (χ0) is 11.4. The molecule has 0 radical (unpaired) electrons. The molecule has 1 aliphatic rings. The first kappa shape index (κ1) is 11.6. The molecule has 84 valence electrons. The summed E-state index contributed by atoms with van der Waals surface area (Å²) < 4.78 is 0. The maximum atomic E-state index is 11.5. The Bertz CT molecular complexity index is 280. The van der Waals surface area contributed by atoms with Gasteiger partial charge in [0.1, 0.15) is 0 Å². The number of likely N-dealkylation sites (tertiary alicyclic amines) is 1. The zero-order valence-electron chi connectivity index (χ0n) is 8.82. The van der Waals surface area contributed by atoms with Gasteiger partial charge in [-0.25, -0.2) is 4.79 Å². The Hall–Kier alpha value is -1.52. The van der Waals surface area contributed by atoms with Crippen LogP contribution in [-0.2, 0) is 4.79 Å². The van der Waals surface area contributed by atoms with E-state index >= 15 is 0 Å². The van der Waals surface area contributed by atoms with Crippen LogP contribution in [-0.4, -0.2) is 35.1 Å². The molecule has 1 heterocycles. The summed E-state index contributed by atoms with van der Waals surface area (Å²) in [5.41, 5.74) is 0.598. The van der Waals surface area contributed by atoms with Crippen molar-refractivity contribution in [2.24, 2.45) is 5.92 Å². The molecule has 5 heteroatoms. The van der Waals surface area contributed by atoms with Gasteiger partial charge in [0.2, 0.25) is 0 Å². The molecule has 5 nitrogen and oxygen atoms in total. The van der Waals surface area contributed by atoms with Gasteiger partial charge < -0.3 is 15.3 Å². The predicted octanol–water partition coefficient (Wildman–Crippen LogP) is 1.03. The van der Waals surface area contributed by atoms with Gasteiger partial charge in [0, 0.05) is 18.8 Å². The number of amides is 2. The number of carbonyl (C=O) groups is 2. The largest absolute Gasteiger partial charge is 0.481 e. The second-order valence-corrected chi connectivity index (χ2v) is 3.81. The van der Waals surface area contributed by atoms with Crippen molar-refractivity contribution < 1.29 is 14.7 Å². The van der Waals surface area contributed by atoms with E-state index in [0.717, 1.165) is 0 Å². The van der Waals surface area contributed by atoms with Gasteiger partial charge in [0.05, 0.1) is 5.92 Å². The lowest BCUT2D eigenvalue weighted by Crippen LogP contribution is -2.44. The first-order valence-electron chi connectivity index (χ1n) is 4.95. The SMILES string of the molecule is C=C(C)NC(=O)N1CCC(C(=O)O)CC1. The standard InChI is InChI=1S/C10H16N2O3/c1-7(2)11-10(15)12-5-3-8(4-6-12)9(13)14/h8H,1,3-6H2,2H3,(H,11,15)(H,13,14). The molecular formula is C10H16N2O3. The maximum absolute atomic E-state index is 11.5. The second-order valence-electron chi connectivity index (χ2n) is 3.81. The van der Waals surface area contributed by atoms with E-state index in [2.05, 4.69) is 11.9 Å². The minimum atomic E-state index is -0.769. The highest BCUT2D eigenvalue weighted by molar-refractivity contribution is 5.76. The van der Waals surface area contributed by atoms with Crippen molar-refractivity contribution in [3.63, 3.8) is 0 Å². The third-order valence-corrected chi connectivity index (χ3v) is 2.45. The van der Waals surface area contributed by atoms with E-state index < -0.39 is 5.97 Å². The Kier molecular flexibility index (Phi) is 3.71. The van der Waals surface area contributed by atoms with Crippen molar-refractivity contribution in [1.82, 2.24) is 10.2 Å². The lowest BCUT2D eigenvalue weighted by Gasteiger charge is -2.30. The van der Waals surface area contributed by atoms with Gasteiger partial charge in [-0.2, -0.15) is 0 Å². The number of piperidine rings is 1. The van der Waals surface area contributed by atoms with Crippen LogP contribution in [0.15, 0.2) is 12.3 Å². The zero-order valence-corrected chi connectivity index (χ0v) is 8.82. The number of nitrogens with one attached hydrogen (secondary N) is 1. The molecule has 0 unspecified atom stereocenters. The van der Waals surface area contributed by atoms with Gasteiger partial charge in [-0.3, -0.25) is 4.79 Å². The van der Waals surface area contributed by atoms with E-state index in [1.807, 2.05) is 0 Å². The quantitative estimate of drug-likeness (QED) is 0.718. The molecule has 2 N–H and O–H groups in total. The Balaban J connectivity index is 2.40. The monoisotopic (exact) mass is 212 g/mol. The summed E-state index contributed by atoms with van der Waals surface area (Å²) in [6.45, 7) is 6.28. The van der Waals surface area contributed by atoms with Crippen LogP contribution in [0.1, 0.15) is 19.8 Å². The maximum Gasteiger partial charge on any atom is 0.321 e. The third-order valence-electron chi connectivity index (χ3n) is 2.45. The normalized spacial score (nSPS) is 17.3. The third kappa shape index (κ3) is 3.27. The predicted molar refractivity (Wildman–Crippen MR) is 55.3 cm³/mol. The van der Waals surface area contributed by atoms with Crippen LogP contribution in [0.25, 0.3) is 0 Å². The number of rotatable bonds is 2.